The second kappa shape index (κ2) is 7.38. The molecule has 7 aromatic rings. The number of hydrogen-bond donors (Lipinski definition) is 0. The molecule has 2 aromatic heterocycles. The number of carbonyl (C=O) groups is 2. The molecule has 1 aliphatic heterocycles. The number of rotatable bonds is 2. The molecule has 4 nitrogen and oxygen atoms in total. The van der Waals surface area contributed by atoms with Crippen LogP contribution >= 0.6 is 11.3 Å². The van der Waals surface area contributed by atoms with Gasteiger partial charge in [0.05, 0.1) is 27.8 Å². The number of aromatic nitrogens is 1. The largest absolute Gasteiger partial charge is 0.309 e. The van der Waals surface area contributed by atoms with Crippen molar-refractivity contribution in [3.63, 3.8) is 0 Å². The van der Waals surface area contributed by atoms with Crippen LogP contribution in [0.15, 0.2) is 109 Å². The molecule has 0 saturated heterocycles. The Bertz CT molecular complexity index is 2060. The van der Waals surface area contributed by atoms with Crippen LogP contribution in [0.2, 0.25) is 0 Å². The Balaban J connectivity index is 1.38. The van der Waals surface area contributed by atoms with E-state index < -0.39 is 0 Å². The van der Waals surface area contributed by atoms with Gasteiger partial charge in [-0.3, -0.25) is 9.59 Å². The first-order chi connectivity index (χ1) is 18.2. The molecule has 37 heavy (non-hydrogen) atoms. The van der Waals surface area contributed by atoms with Crippen LogP contribution in [0.4, 0.5) is 5.69 Å². The topological polar surface area (TPSA) is 42.3 Å². The average Bonchev–Trinajstić information content (AvgIpc) is 3.55. The Morgan fingerprint density at radius 1 is 0.486 bits per heavy atom. The summed E-state index contributed by atoms with van der Waals surface area (Å²) in [6.45, 7) is 0. The molecule has 3 heterocycles. The summed E-state index contributed by atoms with van der Waals surface area (Å²) in [5, 5.41) is 4.83. The first-order valence-electron chi connectivity index (χ1n) is 12.1. The van der Waals surface area contributed by atoms with E-state index in [1.54, 1.807) is 24.3 Å². The fourth-order valence-electron chi connectivity index (χ4n) is 5.66. The molecule has 0 saturated carbocycles. The SMILES string of the molecule is O=C1c2ccccc2C(=O)N1c1cccc(-n2c3ccccc3c3cc4sc5ccccc5c4cc32)c1. The molecule has 1 aliphatic rings. The number of benzene rings is 5. The number of amides is 2. The summed E-state index contributed by atoms with van der Waals surface area (Å²) in [5.41, 5.74) is 4.54. The molecule has 0 spiro atoms. The smallest absolute Gasteiger partial charge is 0.266 e. The van der Waals surface area contributed by atoms with Crippen LogP contribution in [-0.4, -0.2) is 16.4 Å². The zero-order valence-corrected chi connectivity index (χ0v) is 20.3. The Hall–Kier alpha value is -4.74. The van der Waals surface area contributed by atoms with Crippen LogP contribution in [0.5, 0.6) is 0 Å². The lowest BCUT2D eigenvalue weighted by molar-refractivity contribution is 0.0926. The summed E-state index contributed by atoms with van der Waals surface area (Å²) < 4.78 is 4.77. The van der Waals surface area contributed by atoms with Crippen LogP contribution in [-0.2, 0) is 0 Å². The Morgan fingerprint density at radius 2 is 1.16 bits per heavy atom. The van der Waals surface area contributed by atoms with Gasteiger partial charge in [-0.05, 0) is 54.6 Å². The van der Waals surface area contributed by atoms with Crippen LogP contribution in [0.3, 0.4) is 0 Å². The number of hydrogen-bond acceptors (Lipinski definition) is 3. The monoisotopic (exact) mass is 494 g/mol. The summed E-state index contributed by atoms with van der Waals surface area (Å²) >= 11 is 1.81. The summed E-state index contributed by atoms with van der Waals surface area (Å²) in [5.74, 6) is -0.571. The third-order valence-corrected chi connectivity index (χ3v) is 8.44. The lowest BCUT2D eigenvalue weighted by atomic mass is 10.1. The van der Waals surface area contributed by atoms with E-state index in [1.807, 2.05) is 41.7 Å². The number of carbonyl (C=O) groups excluding carboxylic acids is 2. The molecule has 0 radical (unpaired) electrons. The molecule has 0 aliphatic carbocycles. The fourth-order valence-corrected chi connectivity index (χ4v) is 6.79. The molecule has 174 valence electrons. The number of fused-ring (bicyclic) bond motifs is 7. The quantitative estimate of drug-likeness (QED) is 0.229. The first kappa shape index (κ1) is 20.5. The highest BCUT2D eigenvalue weighted by atomic mass is 32.1. The van der Waals surface area contributed by atoms with Crippen molar-refractivity contribution in [1.82, 2.24) is 4.57 Å². The predicted molar refractivity (Wildman–Crippen MR) is 151 cm³/mol. The molecule has 5 heteroatoms. The normalized spacial score (nSPS) is 13.5. The van der Waals surface area contributed by atoms with Crippen molar-refractivity contribution in [1.29, 1.82) is 0 Å². The highest BCUT2D eigenvalue weighted by Crippen LogP contribution is 2.41. The predicted octanol–water partition coefficient (Wildman–Crippen LogP) is 7.95. The third-order valence-electron chi connectivity index (χ3n) is 7.31. The second-order valence-electron chi connectivity index (χ2n) is 9.33. The van der Waals surface area contributed by atoms with E-state index >= 15 is 0 Å². The standard InChI is InChI=1S/C32H18N2O2S/c35-31-23-12-1-2-13-24(23)32(36)34(31)20-9-7-8-19(16-20)33-27-14-5-3-10-21(27)25-18-30-26(17-28(25)33)22-11-4-6-15-29(22)37-30/h1-18H. The molecular weight excluding hydrogens is 476 g/mol. The van der Waals surface area contributed by atoms with Gasteiger partial charge in [0.1, 0.15) is 0 Å². The van der Waals surface area contributed by atoms with Gasteiger partial charge in [0, 0.05) is 36.6 Å². The van der Waals surface area contributed by atoms with Gasteiger partial charge in [-0.25, -0.2) is 4.90 Å². The molecular formula is C32H18N2O2S. The zero-order chi connectivity index (χ0) is 24.7. The fraction of sp³-hybridized carbons (Fsp3) is 0. The van der Waals surface area contributed by atoms with Crippen LogP contribution in [0.1, 0.15) is 20.7 Å². The third kappa shape index (κ3) is 2.77. The van der Waals surface area contributed by atoms with Gasteiger partial charge in [-0.15, -0.1) is 11.3 Å². The van der Waals surface area contributed by atoms with Crippen molar-refractivity contribution < 1.29 is 9.59 Å². The van der Waals surface area contributed by atoms with Crippen molar-refractivity contribution in [2.45, 2.75) is 0 Å². The van der Waals surface area contributed by atoms with E-state index in [2.05, 4.69) is 59.2 Å². The molecule has 0 bridgehead atoms. The molecule has 5 aromatic carbocycles. The van der Waals surface area contributed by atoms with E-state index in [4.69, 9.17) is 0 Å². The first-order valence-corrected chi connectivity index (χ1v) is 12.9. The van der Waals surface area contributed by atoms with Gasteiger partial charge < -0.3 is 4.57 Å². The highest BCUT2D eigenvalue weighted by molar-refractivity contribution is 7.25. The lowest BCUT2D eigenvalue weighted by Gasteiger charge is -2.16. The van der Waals surface area contributed by atoms with E-state index in [0.717, 1.165) is 16.7 Å². The highest BCUT2D eigenvalue weighted by Gasteiger charge is 2.36. The van der Waals surface area contributed by atoms with Gasteiger partial charge in [0.25, 0.3) is 11.8 Å². The Morgan fingerprint density at radius 3 is 1.97 bits per heavy atom. The molecule has 8 rings (SSSR count). The minimum absolute atomic E-state index is 0.286. The van der Waals surface area contributed by atoms with Gasteiger partial charge >= 0.3 is 0 Å². The van der Waals surface area contributed by atoms with Crippen molar-refractivity contribution in [3.05, 3.63) is 120 Å². The number of anilines is 1. The minimum atomic E-state index is -0.286. The lowest BCUT2D eigenvalue weighted by Crippen LogP contribution is -2.29. The molecule has 0 atom stereocenters. The maximum atomic E-state index is 13.2. The maximum absolute atomic E-state index is 13.2. The van der Waals surface area contributed by atoms with E-state index in [-0.39, 0.29) is 11.8 Å². The second-order valence-corrected chi connectivity index (χ2v) is 10.4. The molecule has 0 N–H and O–H groups in total. The van der Waals surface area contributed by atoms with Crippen LogP contribution < -0.4 is 4.90 Å². The van der Waals surface area contributed by atoms with E-state index in [0.29, 0.717) is 16.8 Å². The molecule has 2 amide bonds. The number of thiophene rings is 1. The Kier molecular flexibility index (Phi) is 4.08. The summed E-state index contributed by atoms with van der Waals surface area (Å²) in [6, 6.07) is 36.2. The van der Waals surface area contributed by atoms with Gasteiger partial charge in [0.2, 0.25) is 0 Å². The summed E-state index contributed by atoms with van der Waals surface area (Å²) in [4.78, 5) is 27.6. The summed E-state index contributed by atoms with van der Waals surface area (Å²) in [7, 11) is 0. The van der Waals surface area contributed by atoms with Gasteiger partial charge in [0.15, 0.2) is 0 Å². The van der Waals surface area contributed by atoms with Crippen molar-refractivity contribution >= 4 is 70.8 Å². The van der Waals surface area contributed by atoms with Gasteiger partial charge in [-0.1, -0.05) is 54.6 Å². The average molecular weight is 495 g/mol. The van der Waals surface area contributed by atoms with E-state index in [9.17, 15) is 9.59 Å². The van der Waals surface area contributed by atoms with E-state index in [1.165, 1.54) is 35.8 Å². The van der Waals surface area contributed by atoms with Crippen LogP contribution in [0.25, 0.3) is 47.7 Å². The van der Waals surface area contributed by atoms with Crippen LogP contribution in [0, 0.1) is 0 Å². The zero-order valence-electron chi connectivity index (χ0n) is 19.5. The number of para-hydroxylation sites is 1. The van der Waals surface area contributed by atoms with Gasteiger partial charge in [-0.2, -0.15) is 0 Å². The number of imide groups is 1. The minimum Gasteiger partial charge on any atom is -0.309 e. The summed E-state index contributed by atoms with van der Waals surface area (Å²) in [6.07, 6.45) is 0. The molecule has 0 fully saturated rings. The number of nitrogens with zero attached hydrogens (tertiary/aromatic N) is 2. The van der Waals surface area contributed by atoms with Crippen molar-refractivity contribution in [3.8, 4) is 5.69 Å². The Labute approximate surface area is 215 Å². The maximum Gasteiger partial charge on any atom is 0.266 e. The van der Waals surface area contributed by atoms with Crippen molar-refractivity contribution in [2.24, 2.45) is 0 Å². The van der Waals surface area contributed by atoms with Crippen molar-refractivity contribution in [2.75, 3.05) is 4.90 Å². The molecule has 0 unspecified atom stereocenters.